The summed E-state index contributed by atoms with van der Waals surface area (Å²) in [6.07, 6.45) is 7.23. The van der Waals surface area contributed by atoms with Gasteiger partial charge in [-0.05, 0) is 57.7 Å². The number of amides is 1. The summed E-state index contributed by atoms with van der Waals surface area (Å²) in [5.74, 6) is 0.904. The molecule has 4 heteroatoms. The van der Waals surface area contributed by atoms with Crippen molar-refractivity contribution in [3.05, 3.63) is 0 Å². The Kier molecular flexibility index (Phi) is 6.49. The van der Waals surface area contributed by atoms with Crippen molar-refractivity contribution in [1.29, 1.82) is 0 Å². The molecule has 2 heterocycles. The van der Waals surface area contributed by atoms with Crippen LogP contribution in [0.15, 0.2) is 0 Å². The third-order valence-electron chi connectivity index (χ3n) is 4.69. The van der Waals surface area contributed by atoms with Gasteiger partial charge in [0.15, 0.2) is 0 Å². The van der Waals surface area contributed by atoms with Gasteiger partial charge in [-0.1, -0.05) is 27.2 Å². The van der Waals surface area contributed by atoms with Crippen LogP contribution in [-0.2, 0) is 4.79 Å². The second-order valence-corrected chi connectivity index (χ2v) is 7.09. The number of nitrogens with one attached hydrogen (secondary N) is 1. The lowest BCUT2D eigenvalue weighted by Gasteiger charge is -2.25. The second-order valence-electron chi connectivity index (χ2n) is 7.09. The van der Waals surface area contributed by atoms with E-state index in [1.807, 2.05) is 0 Å². The SMILES string of the molecule is CCCC1NC(CC(C)C)C(=O)N1CCCN1CCCC1. The molecule has 0 radical (unpaired) electrons. The molecule has 0 aromatic heterocycles. The van der Waals surface area contributed by atoms with Crippen molar-refractivity contribution in [2.45, 2.75) is 71.5 Å². The maximum absolute atomic E-state index is 12.6. The molecule has 1 N–H and O–H groups in total. The van der Waals surface area contributed by atoms with Crippen LogP contribution in [0.4, 0.5) is 0 Å². The Balaban J connectivity index is 1.83. The van der Waals surface area contributed by atoms with Crippen LogP contribution in [0.3, 0.4) is 0 Å². The van der Waals surface area contributed by atoms with Gasteiger partial charge in [0.05, 0.1) is 12.2 Å². The summed E-state index contributed by atoms with van der Waals surface area (Å²) in [6, 6.07) is 0.0494. The lowest BCUT2D eigenvalue weighted by molar-refractivity contribution is -0.130. The van der Waals surface area contributed by atoms with Gasteiger partial charge in [0.1, 0.15) is 0 Å². The van der Waals surface area contributed by atoms with Gasteiger partial charge in [0.25, 0.3) is 0 Å². The standard InChI is InChI=1S/C17H33N3O/c1-4-8-16-18-15(13-14(2)3)17(21)20(16)12-7-11-19-9-5-6-10-19/h14-16,18H,4-13H2,1-3H3. The molecule has 0 saturated carbocycles. The minimum absolute atomic E-state index is 0.0494. The van der Waals surface area contributed by atoms with Crippen LogP contribution in [-0.4, -0.2) is 54.1 Å². The van der Waals surface area contributed by atoms with E-state index in [1.165, 1.54) is 25.9 Å². The maximum Gasteiger partial charge on any atom is 0.241 e. The molecular weight excluding hydrogens is 262 g/mol. The van der Waals surface area contributed by atoms with Crippen molar-refractivity contribution in [1.82, 2.24) is 15.1 Å². The van der Waals surface area contributed by atoms with Crippen LogP contribution in [0.2, 0.25) is 0 Å². The van der Waals surface area contributed by atoms with Gasteiger partial charge in [0.2, 0.25) is 5.91 Å². The third kappa shape index (κ3) is 4.68. The van der Waals surface area contributed by atoms with Gasteiger partial charge in [0, 0.05) is 6.54 Å². The van der Waals surface area contributed by atoms with Crippen molar-refractivity contribution in [2.75, 3.05) is 26.2 Å². The van der Waals surface area contributed by atoms with E-state index in [0.717, 1.165) is 38.8 Å². The predicted molar refractivity (Wildman–Crippen MR) is 87.1 cm³/mol. The Bertz CT molecular complexity index is 326. The van der Waals surface area contributed by atoms with E-state index in [4.69, 9.17) is 0 Å². The Hall–Kier alpha value is -0.610. The number of rotatable bonds is 8. The summed E-state index contributed by atoms with van der Waals surface area (Å²) in [6.45, 7) is 11.2. The summed E-state index contributed by atoms with van der Waals surface area (Å²) < 4.78 is 0. The van der Waals surface area contributed by atoms with Crippen molar-refractivity contribution >= 4 is 5.91 Å². The fourth-order valence-corrected chi connectivity index (χ4v) is 3.64. The third-order valence-corrected chi connectivity index (χ3v) is 4.69. The molecular formula is C17H33N3O. The molecule has 2 saturated heterocycles. The van der Waals surface area contributed by atoms with Crippen molar-refractivity contribution in [3.8, 4) is 0 Å². The van der Waals surface area contributed by atoms with E-state index in [2.05, 4.69) is 35.9 Å². The second kappa shape index (κ2) is 8.14. The molecule has 2 atom stereocenters. The van der Waals surface area contributed by atoms with Crippen LogP contribution < -0.4 is 5.32 Å². The monoisotopic (exact) mass is 295 g/mol. The Morgan fingerprint density at radius 2 is 1.95 bits per heavy atom. The normalized spacial score (nSPS) is 27.2. The van der Waals surface area contributed by atoms with Crippen LogP contribution in [0, 0.1) is 5.92 Å². The highest BCUT2D eigenvalue weighted by Gasteiger charge is 2.37. The first-order chi connectivity index (χ1) is 10.1. The molecule has 2 aliphatic heterocycles. The zero-order valence-corrected chi connectivity index (χ0v) is 14.1. The van der Waals surface area contributed by atoms with Crippen LogP contribution >= 0.6 is 0 Å². The zero-order chi connectivity index (χ0) is 15.2. The molecule has 0 aliphatic carbocycles. The summed E-state index contributed by atoms with van der Waals surface area (Å²) in [5.41, 5.74) is 0. The van der Waals surface area contributed by atoms with Gasteiger partial charge < -0.3 is 9.80 Å². The molecule has 21 heavy (non-hydrogen) atoms. The predicted octanol–water partition coefficient (Wildman–Crippen LogP) is 2.45. The Labute approximate surface area is 130 Å². The van der Waals surface area contributed by atoms with E-state index in [9.17, 15) is 4.79 Å². The summed E-state index contributed by atoms with van der Waals surface area (Å²) in [4.78, 5) is 17.3. The molecule has 122 valence electrons. The highest BCUT2D eigenvalue weighted by molar-refractivity contribution is 5.84. The first-order valence-electron chi connectivity index (χ1n) is 8.90. The number of hydrogen-bond acceptors (Lipinski definition) is 3. The number of nitrogens with zero attached hydrogens (tertiary/aromatic N) is 2. The molecule has 0 aromatic carbocycles. The minimum Gasteiger partial charge on any atom is -0.326 e. The van der Waals surface area contributed by atoms with Crippen LogP contribution in [0.25, 0.3) is 0 Å². The van der Waals surface area contributed by atoms with E-state index in [0.29, 0.717) is 11.8 Å². The number of carbonyl (C=O) groups excluding carboxylic acids is 1. The fourth-order valence-electron chi connectivity index (χ4n) is 3.64. The smallest absolute Gasteiger partial charge is 0.241 e. The largest absolute Gasteiger partial charge is 0.326 e. The topological polar surface area (TPSA) is 35.6 Å². The van der Waals surface area contributed by atoms with Gasteiger partial charge in [-0.15, -0.1) is 0 Å². The maximum atomic E-state index is 12.6. The summed E-state index contributed by atoms with van der Waals surface area (Å²) >= 11 is 0. The van der Waals surface area contributed by atoms with Crippen molar-refractivity contribution in [2.24, 2.45) is 5.92 Å². The first kappa shape index (κ1) is 16.8. The fraction of sp³-hybridized carbons (Fsp3) is 0.941. The first-order valence-corrected chi connectivity index (χ1v) is 8.90. The lowest BCUT2D eigenvalue weighted by atomic mass is 10.0. The van der Waals surface area contributed by atoms with Crippen molar-refractivity contribution in [3.63, 3.8) is 0 Å². The minimum atomic E-state index is 0.0494. The molecule has 4 nitrogen and oxygen atoms in total. The molecule has 0 bridgehead atoms. The number of carbonyl (C=O) groups is 1. The van der Waals surface area contributed by atoms with E-state index < -0.39 is 0 Å². The van der Waals surface area contributed by atoms with Gasteiger partial charge >= 0.3 is 0 Å². The van der Waals surface area contributed by atoms with Gasteiger partial charge in [-0.3, -0.25) is 10.1 Å². The Morgan fingerprint density at radius 3 is 2.57 bits per heavy atom. The Morgan fingerprint density at radius 1 is 1.24 bits per heavy atom. The van der Waals surface area contributed by atoms with Gasteiger partial charge in [-0.25, -0.2) is 0 Å². The zero-order valence-electron chi connectivity index (χ0n) is 14.1. The highest BCUT2D eigenvalue weighted by atomic mass is 16.2. The summed E-state index contributed by atoms with van der Waals surface area (Å²) in [5, 5.41) is 3.56. The average molecular weight is 295 g/mol. The number of hydrogen-bond donors (Lipinski definition) is 1. The lowest BCUT2D eigenvalue weighted by Crippen LogP contribution is -2.39. The van der Waals surface area contributed by atoms with Gasteiger partial charge in [-0.2, -0.15) is 0 Å². The molecule has 2 unspecified atom stereocenters. The average Bonchev–Trinajstić information content (AvgIpc) is 3.02. The van der Waals surface area contributed by atoms with Crippen LogP contribution in [0.5, 0.6) is 0 Å². The molecule has 0 spiro atoms. The highest BCUT2D eigenvalue weighted by Crippen LogP contribution is 2.20. The van der Waals surface area contributed by atoms with Crippen molar-refractivity contribution < 1.29 is 4.79 Å². The molecule has 1 amide bonds. The van der Waals surface area contributed by atoms with E-state index in [1.54, 1.807) is 0 Å². The molecule has 2 rings (SSSR count). The van der Waals surface area contributed by atoms with E-state index in [-0.39, 0.29) is 12.2 Å². The van der Waals surface area contributed by atoms with E-state index >= 15 is 0 Å². The quantitative estimate of drug-likeness (QED) is 0.747. The number of likely N-dealkylation sites (tertiary alicyclic amines) is 1. The molecule has 2 fully saturated rings. The molecule has 0 aromatic rings. The van der Waals surface area contributed by atoms with Crippen LogP contribution in [0.1, 0.15) is 59.3 Å². The molecule has 2 aliphatic rings. The summed E-state index contributed by atoms with van der Waals surface area (Å²) in [7, 11) is 0.